The molecule has 102 valence electrons. The van der Waals surface area contributed by atoms with Gasteiger partial charge in [-0.1, -0.05) is 29.3 Å². The zero-order valence-corrected chi connectivity index (χ0v) is 11.1. The third-order valence-corrected chi connectivity index (χ3v) is 4.38. The van der Waals surface area contributed by atoms with E-state index in [9.17, 15) is 17.2 Å². The van der Waals surface area contributed by atoms with Gasteiger partial charge in [-0.05, 0) is 12.1 Å². The Labute approximate surface area is 113 Å². The van der Waals surface area contributed by atoms with Crippen molar-refractivity contribution in [1.29, 1.82) is 0 Å². The van der Waals surface area contributed by atoms with E-state index in [2.05, 4.69) is 0 Å². The molecule has 0 amide bonds. The van der Waals surface area contributed by atoms with Crippen LogP contribution in [0, 0.1) is 0 Å². The number of hydrogen-bond acceptors (Lipinski definition) is 3. The fourth-order valence-corrected chi connectivity index (χ4v) is 2.86. The van der Waals surface area contributed by atoms with Gasteiger partial charge in [0.25, 0.3) is 6.43 Å². The molecule has 0 radical (unpaired) electrons. The highest BCUT2D eigenvalue weighted by Crippen LogP contribution is 2.28. The molecule has 0 bridgehead atoms. The van der Waals surface area contributed by atoms with Crippen LogP contribution in [0.4, 0.5) is 8.78 Å². The van der Waals surface area contributed by atoms with Crippen molar-refractivity contribution in [3.63, 3.8) is 0 Å². The van der Waals surface area contributed by atoms with Gasteiger partial charge in [-0.25, -0.2) is 21.9 Å². The number of halogens is 4. The minimum absolute atomic E-state index is 0.0222. The zero-order chi connectivity index (χ0) is 13.9. The molecule has 0 saturated heterocycles. The van der Waals surface area contributed by atoms with E-state index in [1.165, 1.54) is 18.2 Å². The largest absolute Gasteiger partial charge is 0.386 e. The molecular weight excluding hydrogens is 311 g/mol. The van der Waals surface area contributed by atoms with Gasteiger partial charge in [0.15, 0.2) is 0 Å². The smallest absolute Gasteiger partial charge is 0.265 e. The maximum atomic E-state index is 12.0. The Bertz CT molecular complexity index is 525. The summed E-state index contributed by atoms with van der Waals surface area (Å²) in [6.45, 7) is -0.817. The lowest BCUT2D eigenvalue weighted by Crippen LogP contribution is -2.35. The predicted octanol–water partition coefficient (Wildman–Crippen LogP) is 1.90. The van der Waals surface area contributed by atoms with E-state index in [1.54, 1.807) is 0 Å². The van der Waals surface area contributed by atoms with E-state index in [-0.39, 0.29) is 14.9 Å². The molecule has 0 aliphatic rings. The summed E-state index contributed by atoms with van der Waals surface area (Å²) in [6, 6.07) is 3.91. The summed E-state index contributed by atoms with van der Waals surface area (Å²) in [6.07, 6.45) is -5.12. The molecule has 0 fully saturated rings. The van der Waals surface area contributed by atoms with Crippen molar-refractivity contribution in [1.82, 2.24) is 4.72 Å². The van der Waals surface area contributed by atoms with Gasteiger partial charge in [0, 0.05) is 6.54 Å². The van der Waals surface area contributed by atoms with Gasteiger partial charge < -0.3 is 5.11 Å². The number of alkyl halides is 2. The van der Waals surface area contributed by atoms with E-state index in [4.69, 9.17) is 28.3 Å². The molecule has 18 heavy (non-hydrogen) atoms. The topological polar surface area (TPSA) is 66.4 Å². The van der Waals surface area contributed by atoms with Crippen LogP contribution in [0.3, 0.4) is 0 Å². The molecule has 0 aliphatic heterocycles. The number of benzene rings is 1. The molecule has 9 heteroatoms. The molecule has 0 aromatic heterocycles. The lowest BCUT2D eigenvalue weighted by Gasteiger charge is -2.12. The van der Waals surface area contributed by atoms with Gasteiger partial charge in [0.1, 0.15) is 11.0 Å². The van der Waals surface area contributed by atoms with Crippen LogP contribution in [0.2, 0.25) is 10.0 Å². The quantitative estimate of drug-likeness (QED) is 0.871. The van der Waals surface area contributed by atoms with Crippen LogP contribution in [0.1, 0.15) is 0 Å². The molecule has 0 aliphatic carbocycles. The lowest BCUT2D eigenvalue weighted by atomic mass is 10.4. The van der Waals surface area contributed by atoms with Crippen molar-refractivity contribution >= 4 is 33.2 Å². The Kier molecular flexibility index (Phi) is 5.30. The Morgan fingerprint density at radius 1 is 1.33 bits per heavy atom. The van der Waals surface area contributed by atoms with Gasteiger partial charge >= 0.3 is 0 Å². The van der Waals surface area contributed by atoms with Crippen molar-refractivity contribution in [2.75, 3.05) is 6.54 Å². The maximum Gasteiger partial charge on any atom is 0.265 e. The highest BCUT2D eigenvalue weighted by Gasteiger charge is 2.23. The van der Waals surface area contributed by atoms with Crippen molar-refractivity contribution in [3.8, 4) is 0 Å². The first-order valence-corrected chi connectivity index (χ1v) is 6.89. The van der Waals surface area contributed by atoms with Crippen LogP contribution in [-0.2, 0) is 10.0 Å². The zero-order valence-electron chi connectivity index (χ0n) is 8.78. The highest BCUT2D eigenvalue weighted by molar-refractivity contribution is 7.89. The van der Waals surface area contributed by atoms with E-state index >= 15 is 0 Å². The molecule has 2 N–H and O–H groups in total. The average molecular weight is 320 g/mol. The number of rotatable bonds is 5. The molecule has 4 nitrogen and oxygen atoms in total. The van der Waals surface area contributed by atoms with Crippen LogP contribution in [0.25, 0.3) is 0 Å². The fraction of sp³-hybridized carbons (Fsp3) is 0.333. The van der Waals surface area contributed by atoms with Gasteiger partial charge in [-0.3, -0.25) is 0 Å². The van der Waals surface area contributed by atoms with Crippen molar-refractivity contribution in [2.45, 2.75) is 17.4 Å². The fourth-order valence-electron chi connectivity index (χ4n) is 1.05. The molecule has 0 heterocycles. The summed E-state index contributed by atoms with van der Waals surface area (Å²) in [4.78, 5) is -0.335. The van der Waals surface area contributed by atoms with E-state index in [0.29, 0.717) is 0 Å². The Morgan fingerprint density at radius 2 is 1.94 bits per heavy atom. The standard InChI is InChI=1S/C9H9Cl2F2NO3S/c10-5-2-1-3-7(8(5)11)18(16,17)14-4-6(15)9(12)13/h1-3,6,9,14-15H,4H2. The second-order valence-corrected chi connectivity index (χ2v) is 5.83. The third kappa shape index (κ3) is 3.76. The first-order chi connectivity index (χ1) is 8.25. The summed E-state index contributed by atoms with van der Waals surface area (Å²) in [5.41, 5.74) is 0. The minimum Gasteiger partial charge on any atom is -0.386 e. The Morgan fingerprint density at radius 3 is 2.50 bits per heavy atom. The molecule has 1 aromatic carbocycles. The molecule has 0 saturated carbocycles. The predicted molar refractivity (Wildman–Crippen MR) is 63.7 cm³/mol. The van der Waals surface area contributed by atoms with E-state index in [1.807, 2.05) is 4.72 Å². The first-order valence-electron chi connectivity index (χ1n) is 4.65. The molecular formula is C9H9Cl2F2NO3S. The maximum absolute atomic E-state index is 12.0. The van der Waals surface area contributed by atoms with Crippen LogP contribution in [0.5, 0.6) is 0 Å². The molecule has 1 unspecified atom stereocenters. The number of aliphatic hydroxyl groups excluding tert-OH is 1. The second-order valence-electron chi connectivity index (χ2n) is 3.31. The van der Waals surface area contributed by atoms with Crippen LogP contribution < -0.4 is 4.72 Å². The van der Waals surface area contributed by atoms with Crippen molar-refractivity contribution < 1.29 is 22.3 Å². The van der Waals surface area contributed by atoms with Gasteiger partial charge in [-0.2, -0.15) is 0 Å². The van der Waals surface area contributed by atoms with Crippen LogP contribution >= 0.6 is 23.2 Å². The van der Waals surface area contributed by atoms with Crippen molar-refractivity contribution in [3.05, 3.63) is 28.2 Å². The molecule has 1 atom stereocenters. The minimum atomic E-state index is -4.10. The summed E-state index contributed by atoms with van der Waals surface area (Å²) in [7, 11) is -4.10. The number of nitrogens with one attached hydrogen (secondary N) is 1. The SMILES string of the molecule is O=S(=O)(NCC(O)C(F)F)c1cccc(Cl)c1Cl. The summed E-state index contributed by atoms with van der Waals surface area (Å²) in [5, 5.41) is 8.64. The number of hydrogen-bond donors (Lipinski definition) is 2. The summed E-state index contributed by atoms with van der Waals surface area (Å²) in [5.74, 6) is 0. The molecule has 1 aromatic rings. The van der Waals surface area contributed by atoms with Gasteiger partial charge in [-0.15, -0.1) is 0 Å². The third-order valence-electron chi connectivity index (χ3n) is 1.98. The lowest BCUT2D eigenvalue weighted by molar-refractivity contribution is -0.000451. The first kappa shape index (κ1) is 15.6. The van der Waals surface area contributed by atoms with E-state index < -0.39 is 29.1 Å². The normalized spacial score (nSPS) is 13.9. The number of sulfonamides is 1. The second kappa shape index (κ2) is 6.12. The average Bonchev–Trinajstić information content (AvgIpc) is 2.29. The monoisotopic (exact) mass is 319 g/mol. The van der Waals surface area contributed by atoms with E-state index in [0.717, 1.165) is 0 Å². The highest BCUT2D eigenvalue weighted by atomic mass is 35.5. The van der Waals surface area contributed by atoms with Crippen LogP contribution in [-0.4, -0.2) is 32.6 Å². The summed E-state index contributed by atoms with van der Waals surface area (Å²) < 4.78 is 49.3. The Hall–Kier alpha value is -0.470. The van der Waals surface area contributed by atoms with Gasteiger partial charge in [0.2, 0.25) is 10.0 Å². The molecule has 0 spiro atoms. The van der Waals surface area contributed by atoms with Crippen LogP contribution in [0.15, 0.2) is 23.1 Å². The van der Waals surface area contributed by atoms with Crippen molar-refractivity contribution in [2.24, 2.45) is 0 Å². The Balaban J connectivity index is 2.91. The molecule has 1 rings (SSSR count). The summed E-state index contributed by atoms with van der Waals surface area (Å²) >= 11 is 11.3. The van der Waals surface area contributed by atoms with Gasteiger partial charge in [0.05, 0.1) is 10.0 Å². The number of aliphatic hydroxyl groups is 1.